The normalized spacial score (nSPS) is 11.2. The number of hydrogen-bond donors (Lipinski definition) is 1. The molecule has 0 atom stereocenters. The molecule has 0 unspecified atom stereocenters. The summed E-state index contributed by atoms with van der Waals surface area (Å²) < 4.78 is 43.6. The van der Waals surface area contributed by atoms with Crippen molar-refractivity contribution < 1.29 is 27.7 Å². The largest absolute Gasteiger partial charge is 0.491 e. The molecular weight excluding hydrogens is 446 g/mol. The minimum Gasteiger partial charge on any atom is -0.491 e. The summed E-state index contributed by atoms with van der Waals surface area (Å²) in [6.07, 6.45) is 0. The topological polar surface area (TPSA) is 133 Å². The van der Waals surface area contributed by atoms with Crippen molar-refractivity contribution in [1.29, 1.82) is 10.5 Å². The summed E-state index contributed by atoms with van der Waals surface area (Å²) in [4.78, 5) is 0.188. The van der Waals surface area contributed by atoms with Crippen LogP contribution in [0.2, 0.25) is 0 Å². The third-order valence-corrected chi connectivity index (χ3v) is 6.51. The zero-order valence-electron chi connectivity index (χ0n) is 18.4. The summed E-state index contributed by atoms with van der Waals surface area (Å²) in [5.41, 5.74) is 1.47. The predicted octanol–water partition coefficient (Wildman–Crippen LogP) is 1.83. The van der Waals surface area contributed by atoms with Crippen molar-refractivity contribution in [1.82, 2.24) is 4.31 Å². The van der Waals surface area contributed by atoms with E-state index in [9.17, 15) is 8.42 Å². The standard InChI is InChI=1S/C23H27N3O6S/c1-19-2-6-23(7-3-19)33(28,29)26(8-11-30-13-10-27)9-12-31-14-15-32-22-5-4-20(17-24)21(16-22)18-25/h2-7,16,27H,8-15H2,1H3. The number of nitrogens with zero attached hydrogens (tertiary/aromatic N) is 3. The number of ether oxygens (including phenoxy) is 3. The molecule has 0 bridgehead atoms. The monoisotopic (exact) mass is 473 g/mol. The van der Waals surface area contributed by atoms with Crippen LogP contribution in [-0.4, -0.2) is 70.6 Å². The van der Waals surface area contributed by atoms with Crippen LogP contribution in [0.3, 0.4) is 0 Å². The number of benzene rings is 2. The van der Waals surface area contributed by atoms with E-state index in [-0.39, 0.29) is 68.8 Å². The fourth-order valence-electron chi connectivity index (χ4n) is 2.83. The highest BCUT2D eigenvalue weighted by Gasteiger charge is 2.24. The molecule has 0 amide bonds. The van der Waals surface area contributed by atoms with Crippen LogP contribution < -0.4 is 4.74 Å². The first-order valence-electron chi connectivity index (χ1n) is 10.3. The van der Waals surface area contributed by atoms with Gasteiger partial charge in [0.05, 0.1) is 49.1 Å². The van der Waals surface area contributed by atoms with Crippen molar-refractivity contribution in [2.45, 2.75) is 11.8 Å². The maximum atomic E-state index is 13.0. The van der Waals surface area contributed by atoms with Crippen molar-refractivity contribution in [2.75, 3.05) is 52.7 Å². The molecule has 33 heavy (non-hydrogen) atoms. The highest BCUT2D eigenvalue weighted by molar-refractivity contribution is 7.89. The first-order chi connectivity index (χ1) is 15.9. The number of rotatable bonds is 14. The molecule has 0 fully saturated rings. The molecule has 0 saturated heterocycles. The maximum Gasteiger partial charge on any atom is 0.243 e. The molecule has 0 aliphatic carbocycles. The van der Waals surface area contributed by atoms with E-state index in [1.165, 1.54) is 16.4 Å². The van der Waals surface area contributed by atoms with Crippen molar-refractivity contribution in [3.05, 3.63) is 59.2 Å². The third kappa shape index (κ3) is 8.13. The summed E-state index contributed by atoms with van der Waals surface area (Å²) >= 11 is 0. The summed E-state index contributed by atoms with van der Waals surface area (Å²) in [6.45, 7) is 2.82. The molecule has 0 spiro atoms. The lowest BCUT2D eigenvalue weighted by atomic mass is 10.1. The first-order valence-corrected chi connectivity index (χ1v) is 11.8. The van der Waals surface area contributed by atoms with Gasteiger partial charge in [0.2, 0.25) is 10.0 Å². The Bertz CT molecular complexity index is 1070. The third-order valence-electron chi connectivity index (χ3n) is 4.59. The SMILES string of the molecule is Cc1ccc(S(=O)(=O)N(CCOCCO)CCOCCOc2ccc(C#N)c(C#N)c2)cc1. The number of hydrogen-bond acceptors (Lipinski definition) is 8. The number of aryl methyl sites for hydroxylation is 1. The molecule has 0 heterocycles. The van der Waals surface area contributed by atoms with Crippen molar-refractivity contribution in [2.24, 2.45) is 0 Å². The fraction of sp³-hybridized carbons (Fsp3) is 0.391. The quantitative estimate of drug-likeness (QED) is 0.411. The number of aliphatic hydroxyl groups excluding tert-OH is 1. The van der Waals surface area contributed by atoms with Crippen LogP contribution in [0.1, 0.15) is 16.7 Å². The molecule has 9 nitrogen and oxygen atoms in total. The van der Waals surface area contributed by atoms with Gasteiger partial charge in [-0.05, 0) is 37.3 Å². The summed E-state index contributed by atoms with van der Waals surface area (Å²) in [5.74, 6) is 0.443. The zero-order valence-corrected chi connectivity index (χ0v) is 19.3. The molecule has 0 aliphatic rings. The van der Waals surface area contributed by atoms with E-state index in [1.54, 1.807) is 30.3 Å². The average molecular weight is 474 g/mol. The Morgan fingerprint density at radius 1 is 0.879 bits per heavy atom. The van der Waals surface area contributed by atoms with E-state index in [4.69, 9.17) is 29.8 Å². The van der Waals surface area contributed by atoms with Gasteiger partial charge in [-0.3, -0.25) is 0 Å². The van der Waals surface area contributed by atoms with Crippen LogP contribution in [0.15, 0.2) is 47.4 Å². The van der Waals surface area contributed by atoms with Crippen LogP contribution in [0.5, 0.6) is 5.75 Å². The lowest BCUT2D eigenvalue weighted by Crippen LogP contribution is -2.37. The van der Waals surface area contributed by atoms with E-state index >= 15 is 0 Å². The van der Waals surface area contributed by atoms with Crippen LogP contribution in [0.25, 0.3) is 0 Å². The van der Waals surface area contributed by atoms with E-state index < -0.39 is 10.0 Å². The van der Waals surface area contributed by atoms with Gasteiger partial charge in [-0.2, -0.15) is 14.8 Å². The molecule has 2 aromatic carbocycles. The predicted molar refractivity (Wildman–Crippen MR) is 120 cm³/mol. The van der Waals surface area contributed by atoms with E-state index in [0.717, 1.165) is 5.56 Å². The Labute approximate surface area is 194 Å². The molecule has 10 heteroatoms. The first kappa shape index (κ1) is 26.3. The highest BCUT2D eigenvalue weighted by atomic mass is 32.2. The lowest BCUT2D eigenvalue weighted by molar-refractivity contribution is 0.0714. The smallest absolute Gasteiger partial charge is 0.243 e. The average Bonchev–Trinajstić information content (AvgIpc) is 2.82. The Kier molecular flexibility index (Phi) is 10.8. The second-order valence-corrected chi connectivity index (χ2v) is 8.88. The van der Waals surface area contributed by atoms with Crippen LogP contribution in [0, 0.1) is 29.6 Å². The second kappa shape index (κ2) is 13.5. The lowest BCUT2D eigenvalue weighted by Gasteiger charge is -2.22. The van der Waals surface area contributed by atoms with Gasteiger partial charge in [0.1, 0.15) is 24.5 Å². The summed E-state index contributed by atoms with van der Waals surface area (Å²) in [5, 5.41) is 26.9. The van der Waals surface area contributed by atoms with Gasteiger partial charge >= 0.3 is 0 Å². The number of sulfonamides is 1. The Morgan fingerprint density at radius 3 is 2.12 bits per heavy atom. The van der Waals surface area contributed by atoms with Gasteiger partial charge in [0, 0.05) is 13.1 Å². The number of nitriles is 2. The van der Waals surface area contributed by atoms with E-state index in [0.29, 0.717) is 5.75 Å². The maximum absolute atomic E-state index is 13.0. The fourth-order valence-corrected chi connectivity index (χ4v) is 4.24. The molecule has 2 aromatic rings. The molecule has 176 valence electrons. The Hall–Kier alpha value is -2.99. The molecule has 1 N–H and O–H groups in total. The molecule has 0 aliphatic heterocycles. The van der Waals surface area contributed by atoms with E-state index in [2.05, 4.69) is 0 Å². The van der Waals surface area contributed by atoms with Crippen molar-refractivity contribution >= 4 is 10.0 Å². The van der Waals surface area contributed by atoms with Crippen LogP contribution in [0.4, 0.5) is 0 Å². The van der Waals surface area contributed by atoms with Crippen molar-refractivity contribution in [3.8, 4) is 17.9 Å². The van der Waals surface area contributed by atoms with Gasteiger partial charge in [-0.25, -0.2) is 8.42 Å². The molecular formula is C23H27N3O6S. The Morgan fingerprint density at radius 2 is 1.52 bits per heavy atom. The summed E-state index contributed by atoms with van der Waals surface area (Å²) in [6, 6.07) is 15.1. The van der Waals surface area contributed by atoms with Gasteiger partial charge in [-0.15, -0.1) is 0 Å². The van der Waals surface area contributed by atoms with Crippen molar-refractivity contribution in [3.63, 3.8) is 0 Å². The van der Waals surface area contributed by atoms with Crippen LogP contribution in [-0.2, 0) is 19.5 Å². The minimum atomic E-state index is -3.73. The molecule has 0 radical (unpaired) electrons. The minimum absolute atomic E-state index is 0.119. The zero-order chi connectivity index (χ0) is 24.1. The Balaban J connectivity index is 1.87. The van der Waals surface area contributed by atoms with Crippen LogP contribution >= 0.6 is 0 Å². The molecule has 0 aromatic heterocycles. The highest BCUT2D eigenvalue weighted by Crippen LogP contribution is 2.17. The van der Waals surface area contributed by atoms with Gasteiger partial charge < -0.3 is 19.3 Å². The van der Waals surface area contributed by atoms with E-state index in [1.807, 2.05) is 19.1 Å². The second-order valence-electron chi connectivity index (χ2n) is 6.94. The molecule has 2 rings (SSSR count). The number of aliphatic hydroxyl groups is 1. The van der Waals surface area contributed by atoms with Gasteiger partial charge in [-0.1, -0.05) is 17.7 Å². The summed E-state index contributed by atoms with van der Waals surface area (Å²) in [7, 11) is -3.73. The molecule has 0 saturated carbocycles. The van der Waals surface area contributed by atoms with Gasteiger partial charge in [0.15, 0.2) is 0 Å². The van der Waals surface area contributed by atoms with Gasteiger partial charge in [0.25, 0.3) is 0 Å².